The second kappa shape index (κ2) is 9.82. The maximum Gasteiger partial charge on any atom is 0.162 e. The van der Waals surface area contributed by atoms with E-state index < -0.39 is 0 Å². The van der Waals surface area contributed by atoms with E-state index in [4.69, 9.17) is 14.2 Å². The van der Waals surface area contributed by atoms with Gasteiger partial charge in [-0.15, -0.1) is 0 Å². The van der Waals surface area contributed by atoms with Crippen molar-refractivity contribution in [1.82, 2.24) is 9.88 Å². The van der Waals surface area contributed by atoms with E-state index in [0.29, 0.717) is 6.61 Å². The summed E-state index contributed by atoms with van der Waals surface area (Å²) < 4.78 is 19.8. The first kappa shape index (κ1) is 22.4. The maximum absolute atomic E-state index is 6.23. The SMILES string of the molecule is CCn1cc(CC2NCCc3cc(OC)c(OCc4ccccc4)cc32)c2cc(OC)ccc21. The lowest BCUT2D eigenvalue weighted by Crippen LogP contribution is -2.31. The predicted molar refractivity (Wildman–Crippen MR) is 136 cm³/mol. The van der Waals surface area contributed by atoms with Crippen molar-refractivity contribution in [2.24, 2.45) is 0 Å². The Hall–Kier alpha value is -3.44. The molecule has 0 radical (unpaired) electrons. The van der Waals surface area contributed by atoms with Crippen LogP contribution in [0.1, 0.15) is 35.2 Å². The molecule has 1 aromatic heterocycles. The highest BCUT2D eigenvalue weighted by molar-refractivity contribution is 5.85. The van der Waals surface area contributed by atoms with Crippen LogP contribution in [0, 0.1) is 0 Å². The summed E-state index contributed by atoms with van der Waals surface area (Å²) in [6.45, 7) is 4.58. The molecule has 5 nitrogen and oxygen atoms in total. The third-order valence-corrected chi connectivity index (χ3v) is 6.76. The van der Waals surface area contributed by atoms with Crippen LogP contribution in [0.2, 0.25) is 0 Å². The zero-order valence-electron chi connectivity index (χ0n) is 20.1. The van der Waals surface area contributed by atoms with Gasteiger partial charge in [0.1, 0.15) is 12.4 Å². The first-order valence-corrected chi connectivity index (χ1v) is 12.0. The number of aryl methyl sites for hydroxylation is 1. The fourth-order valence-corrected chi connectivity index (χ4v) is 4.96. The van der Waals surface area contributed by atoms with Gasteiger partial charge in [-0.2, -0.15) is 0 Å². The van der Waals surface area contributed by atoms with E-state index >= 15 is 0 Å². The summed E-state index contributed by atoms with van der Waals surface area (Å²) in [7, 11) is 3.43. The molecular formula is C29H32N2O3. The molecule has 1 aliphatic rings. The second-order valence-electron chi connectivity index (χ2n) is 8.76. The van der Waals surface area contributed by atoms with E-state index in [2.05, 4.69) is 59.4 Å². The molecule has 1 aliphatic heterocycles. The molecule has 4 aromatic rings. The van der Waals surface area contributed by atoms with Gasteiger partial charge < -0.3 is 24.1 Å². The lowest BCUT2D eigenvalue weighted by Gasteiger charge is -2.28. The van der Waals surface area contributed by atoms with Crippen molar-refractivity contribution in [3.8, 4) is 17.2 Å². The molecule has 1 N–H and O–H groups in total. The Bertz CT molecular complexity index is 1280. The van der Waals surface area contributed by atoms with Gasteiger partial charge in [-0.1, -0.05) is 30.3 Å². The van der Waals surface area contributed by atoms with E-state index in [-0.39, 0.29) is 6.04 Å². The molecule has 0 aliphatic carbocycles. The minimum absolute atomic E-state index is 0.204. The van der Waals surface area contributed by atoms with Crippen LogP contribution in [-0.4, -0.2) is 25.3 Å². The van der Waals surface area contributed by atoms with E-state index in [1.54, 1.807) is 14.2 Å². The van der Waals surface area contributed by atoms with Crippen molar-refractivity contribution in [1.29, 1.82) is 0 Å². The molecule has 0 saturated carbocycles. The zero-order valence-corrected chi connectivity index (χ0v) is 20.1. The van der Waals surface area contributed by atoms with Gasteiger partial charge in [0, 0.05) is 29.7 Å². The third-order valence-electron chi connectivity index (χ3n) is 6.76. The predicted octanol–water partition coefficient (Wildman–Crippen LogP) is 5.69. The smallest absolute Gasteiger partial charge is 0.162 e. The maximum atomic E-state index is 6.23. The monoisotopic (exact) mass is 456 g/mol. The summed E-state index contributed by atoms with van der Waals surface area (Å²) in [6, 6.07) is 21.1. The molecule has 3 aromatic carbocycles. The van der Waals surface area contributed by atoms with Gasteiger partial charge in [-0.25, -0.2) is 0 Å². The molecule has 1 atom stereocenters. The number of hydrogen-bond donors (Lipinski definition) is 1. The normalized spacial score (nSPS) is 15.2. The largest absolute Gasteiger partial charge is 0.497 e. The Kier molecular flexibility index (Phi) is 6.45. The Morgan fingerprint density at radius 3 is 2.59 bits per heavy atom. The summed E-state index contributed by atoms with van der Waals surface area (Å²) in [5.74, 6) is 2.47. The number of methoxy groups -OCH3 is 2. The van der Waals surface area contributed by atoms with Gasteiger partial charge in [0.25, 0.3) is 0 Å². The Balaban J connectivity index is 1.47. The molecule has 5 heteroatoms. The number of nitrogens with zero attached hydrogens (tertiary/aromatic N) is 1. The topological polar surface area (TPSA) is 44.7 Å². The van der Waals surface area contributed by atoms with E-state index in [9.17, 15) is 0 Å². The average molecular weight is 457 g/mol. The van der Waals surface area contributed by atoms with Crippen molar-refractivity contribution in [3.05, 3.63) is 89.1 Å². The van der Waals surface area contributed by atoms with Crippen LogP contribution < -0.4 is 19.5 Å². The fraction of sp³-hybridized carbons (Fsp3) is 0.310. The minimum Gasteiger partial charge on any atom is -0.497 e. The summed E-state index contributed by atoms with van der Waals surface area (Å²) in [6.07, 6.45) is 4.16. The fourth-order valence-electron chi connectivity index (χ4n) is 4.96. The van der Waals surface area contributed by atoms with E-state index in [1.165, 1.54) is 27.6 Å². The van der Waals surface area contributed by atoms with Crippen LogP contribution in [0.15, 0.2) is 66.9 Å². The second-order valence-corrected chi connectivity index (χ2v) is 8.76. The van der Waals surface area contributed by atoms with Crippen LogP contribution in [0.25, 0.3) is 10.9 Å². The van der Waals surface area contributed by atoms with Crippen LogP contribution >= 0.6 is 0 Å². The highest BCUT2D eigenvalue weighted by Crippen LogP contribution is 2.38. The van der Waals surface area contributed by atoms with Crippen molar-refractivity contribution < 1.29 is 14.2 Å². The van der Waals surface area contributed by atoms with Crippen molar-refractivity contribution in [2.45, 2.75) is 39.0 Å². The number of rotatable bonds is 8. The Morgan fingerprint density at radius 1 is 0.971 bits per heavy atom. The quantitative estimate of drug-likeness (QED) is 0.370. The standard InChI is InChI=1S/C29H32N2O3/c1-4-31-18-22(25-16-23(32-2)10-11-27(25)31)14-26-24-17-29(34-19-20-8-6-5-7-9-20)28(33-3)15-21(24)12-13-30-26/h5-11,15-18,26,30H,4,12-14,19H2,1-3H3. The Morgan fingerprint density at radius 2 is 1.82 bits per heavy atom. The third kappa shape index (κ3) is 4.36. The first-order valence-electron chi connectivity index (χ1n) is 12.0. The number of fused-ring (bicyclic) bond motifs is 2. The molecule has 0 spiro atoms. The molecular weight excluding hydrogens is 424 g/mol. The van der Waals surface area contributed by atoms with Crippen LogP contribution in [0.5, 0.6) is 17.2 Å². The molecule has 5 rings (SSSR count). The summed E-state index contributed by atoms with van der Waals surface area (Å²) in [5, 5.41) is 5.00. The highest BCUT2D eigenvalue weighted by atomic mass is 16.5. The summed E-state index contributed by atoms with van der Waals surface area (Å²) >= 11 is 0. The lowest BCUT2D eigenvalue weighted by atomic mass is 9.89. The lowest BCUT2D eigenvalue weighted by molar-refractivity contribution is 0.283. The molecule has 0 fully saturated rings. The molecule has 0 saturated heterocycles. The number of nitrogens with one attached hydrogen (secondary N) is 1. The highest BCUT2D eigenvalue weighted by Gasteiger charge is 2.24. The number of ether oxygens (including phenoxy) is 3. The summed E-state index contributed by atoms with van der Waals surface area (Å²) in [5.41, 5.74) is 6.32. The molecule has 34 heavy (non-hydrogen) atoms. The minimum atomic E-state index is 0.204. The number of benzene rings is 3. The number of hydrogen-bond acceptors (Lipinski definition) is 4. The molecule has 176 valence electrons. The molecule has 0 bridgehead atoms. The van der Waals surface area contributed by atoms with Gasteiger partial charge in [0.15, 0.2) is 11.5 Å². The first-order chi connectivity index (χ1) is 16.7. The van der Waals surface area contributed by atoms with Crippen molar-refractivity contribution in [3.63, 3.8) is 0 Å². The average Bonchev–Trinajstić information content (AvgIpc) is 3.24. The van der Waals surface area contributed by atoms with E-state index in [0.717, 1.165) is 48.7 Å². The van der Waals surface area contributed by atoms with Gasteiger partial charge >= 0.3 is 0 Å². The Labute approximate surface area is 201 Å². The van der Waals surface area contributed by atoms with E-state index in [1.807, 2.05) is 24.3 Å². The van der Waals surface area contributed by atoms with Crippen molar-refractivity contribution >= 4 is 10.9 Å². The molecule has 0 amide bonds. The van der Waals surface area contributed by atoms with Gasteiger partial charge in [0.2, 0.25) is 0 Å². The van der Waals surface area contributed by atoms with Gasteiger partial charge in [-0.3, -0.25) is 0 Å². The van der Waals surface area contributed by atoms with Gasteiger partial charge in [-0.05, 0) is 78.9 Å². The molecule has 2 heterocycles. The van der Waals surface area contributed by atoms with Crippen LogP contribution in [-0.2, 0) is 26.0 Å². The number of aromatic nitrogens is 1. The van der Waals surface area contributed by atoms with Gasteiger partial charge in [0.05, 0.1) is 14.2 Å². The van der Waals surface area contributed by atoms with Crippen LogP contribution in [0.3, 0.4) is 0 Å². The zero-order chi connectivity index (χ0) is 23.5. The van der Waals surface area contributed by atoms with Crippen LogP contribution in [0.4, 0.5) is 0 Å². The molecule has 1 unspecified atom stereocenters. The summed E-state index contributed by atoms with van der Waals surface area (Å²) in [4.78, 5) is 0. The van der Waals surface area contributed by atoms with Crippen molar-refractivity contribution in [2.75, 3.05) is 20.8 Å².